The highest BCUT2D eigenvalue weighted by atomic mass is 16.5. The average molecular weight is 213 g/mol. The van der Waals surface area contributed by atoms with Gasteiger partial charge in [-0.05, 0) is 19.8 Å². The molecule has 2 fully saturated rings. The summed E-state index contributed by atoms with van der Waals surface area (Å²) in [5, 5.41) is 2.97. The Hall–Kier alpha value is -0.810. The van der Waals surface area contributed by atoms with Gasteiger partial charge < -0.3 is 20.7 Å². The highest BCUT2D eigenvalue weighted by Gasteiger charge is 2.30. The zero-order valence-corrected chi connectivity index (χ0v) is 9.11. The van der Waals surface area contributed by atoms with Crippen molar-refractivity contribution in [3.05, 3.63) is 0 Å². The van der Waals surface area contributed by atoms with Crippen molar-refractivity contribution in [1.82, 2.24) is 10.2 Å². The van der Waals surface area contributed by atoms with Crippen molar-refractivity contribution in [3.8, 4) is 0 Å². The Balaban J connectivity index is 1.82. The van der Waals surface area contributed by atoms with Crippen LogP contribution in [0.15, 0.2) is 0 Å². The highest BCUT2D eigenvalue weighted by molar-refractivity contribution is 5.75. The summed E-state index contributed by atoms with van der Waals surface area (Å²) in [5.74, 6) is 0. The van der Waals surface area contributed by atoms with Crippen LogP contribution < -0.4 is 11.1 Å². The number of morpholine rings is 1. The quantitative estimate of drug-likeness (QED) is 0.673. The molecule has 2 atom stereocenters. The van der Waals surface area contributed by atoms with Gasteiger partial charge in [-0.25, -0.2) is 4.79 Å². The lowest BCUT2D eigenvalue weighted by molar-refractivity contribution is -0.0238. The SMILES string of the molecule is CC(N)C1CN(C(=O)NC2CC2)CCO1. The van der Waals surface area contributed by atoms with Crippen LogP contribution in [-0.4, -0.2) is 48.8 Å². The number of hydrogen-bond donors (Lipinski definition) is 2. The van der Waals surface area contributed by atoms with Gasteiger partial charge >= 0.3 is 6.03 Å². The molecule has 1 aliphatic heterocycles. The van der Waals surface area contributed by atoms with Gasteiger partial charge in [0.2, 0.25) is 0 Å². The van der Waals surface area contributed by atoms with E-state index in [1.54, 1.807) is 4.90 Å². The number of nitrogens with two attached hydrogens (primary N) is 1. The normalized spacial score (nSPS) is 28.7. The summed E-state index contributed by atoms with van der Waals surface area (Å²) in [6.07, 6.45) is 2.21. The lowest BCUT2D eigenvalue weighted by atomic mass is 10.1. The molecular weight excluding hydrogens is 194 g/mol. The lowest BCUT2D eigenvalue weighted by Crippen LogP contribution is -2.54. The number of ether oxygens (including phenoxy) is 1. The van der Waals surface area contributed by atoms with E-state index in [0.717, 1.165) is 12.8 Å². The van der Waals surface area contributed by atoms with Crippen LogP contribution in [0.4, 0.5) is 4.79 Å². The minimum Gasteiger partial charge on any atom is -0.373 e. The van der Waals surface area contributed by atoms with E-state index >= 15 is 0 Å². The van der Waals surface area contributed by atoms with E-state index < -0.39 is 0 Å². The van der Waals surface area contributed by atoms with Crippen LogP contribution in [0, 0.1) is 0 Å². The van der Waals surface area contributed by atoms with Crippen molar-refractivity contribution >= 4 is 6.03 Å². The Kier molecular flexibility index (Phi) is 3.11. The summed E-state index contributed by atoms with van der Waals surface area (Å²) in [5.41, 5.74) is 5.76. The molecule has 2 rings (SSSR count). The molecular formula is C10H19N3O2. The molecule has 15 heavy (non-hydrogen) atoms. The number of hydrogen-bond acceptors (Lipinski definition) is 3. The van der Waals surface area contributed by atoms with Crippen molar-refractivity contribution in [2.24, 2.45) is 5.73 Å². The summed E-state index contributed by atoms with van der Waals surface area (Å²) >= 11 is 0. The van der Waals surface area contributed by atoms with Crippen LogP contribution in [0.3, 0.4) is 0 Å². The molecule has 0 bridgehead atoms. The number of nitrogens with one attached hydrogen (secondary N) is 1. The van der Waals surface area contributed by atoms with Crippen LogP contribution in [0.25, 0.3) is 0 Å². The second kappa shape index (κ2) is 4.37. The molecule has 2 amide bonds. The van der Waals surface area contributed by atoms with Crippen LogP contribution in [0.2, 0.25) is 0 Å². The van der Waals surface area contributed by atoms with Crippen LogP contribution in [0.1, 0.15) is 19.8 Å². The molecule has 0 aromatic heterocycles. The smallest absolute Gasteiger partial charge is 0.317 e. The predicted molar refractivity (Wildman–Crippen MR) is 56.5 cm³/mol. The molecule has 5 nitrogen and oxygen atoms in total. The van der Waals surface area contributed by atoms with Gasteiger partial charge in [0, 0.05) is 18.6 Å². The molecule has 5 heteroatoms. The Morgan fingerprint density at radius 2 is 2.33 bits per heavy atom. The summed E-state index contributed by atoms with van der Waals surface area (Å²) < 4.78 is 5.49. The molecule has 3 N–H and O–H groups in total. The number of rotatable bonds is 2. The van der Waals surface area contributed by atoms with Gasteiger partial charge in [-0.15, -0.1) is 0 Å². The summed E-state index contributed by atoms with van der Waals surface area (Å²) in [4.78, 5) is 13.5. The Morgan fingerprint density at radius 3 is 2.93 bits per heavy atom. The first-order chi connectivity index (χ1) is 7.16. The average Bonchev–Trinajstić information content (AvgIpc) is 3.02. The monoisotopic (exact) mass is 213 g/mol. The predicted octanol–water partition coefficient (Wildman–Crippen LogP) is -0.0936. The van der Waals surface area contributed by atoms with Crippen molar-refractivity contribution in [1.29, 1.82) is 0 Å². The third-order valence-electron chi connectivity index (χ3n) is 2.87. The fourth-order valence-electron chi connectivity index (χ4n) is 1.67. The van der Waals surface area contributed by atoms with E-state index in [1.165, 1.54) is 0 Å². The second-order valence-corrected chi connectivity index (χ2v) is 4.44. The van der Waals surface area contributed by atoms with Crippen molar-refractivity contribution in [3.63, 3.8) is 0 Å². The minimum atomic E-state index is -0.0264. The first-order valence-corrected chi connectivity index (χ1v) is 5.59. The highest BCUT2D eigenvalue weighted by Crippen LogP contribution is 2.19. The van der Waals surface area contributed by atoms with E-state index in [0.29, 0.717) is 25.7 Å². The van der Waals surface area contributed by atoms with Gasteiger partial charge in [0.25, 0.3) is 0 Å². The van der Waals surface area contributed by atoms with E-state index in [4.69, 9.17) is 10.5 Å². The zero-order valence-electron chi connectivity index (χ0n) is 9.11. The van der Waals surface area contributed by atoms with E-state index in [2.05, 4.69) is 5.32 Å². The molecule has 0 aromatic carbocycles. The molecule has 0 aromatic rings. The van der Waals surface area contributed by atoms with Crippen LogP contribution >= 0.6 is 0 Å². The first-order valence-electron chi connectivity index (χ1n) is 5.59. The van der Waals surface area contributed by atoms with Gasteiger partial charge in [-0.3, -0.25) is 0 Å². The van der Waals surface area contributed by atoms with Crippen LogP contribution in [0.5, 0.6) is 0 Å². The maximum Gasteiger partial charge on any atom is 0.317 e. The van der Waals surface area contributed by atoms with Crippen LogP contribution in [-0.2, 0) is 4.74 Å². The maximum absolute atomic E-state index is 11.7. The van der Waals surface area contributed by atoms with Crippen molar-refractivity contribution < 1.29 is 9.53 Å². The third kappa shape index (κ3) is 2.82. The molecule has 2 aliphatic rings. The maximum atomic E-state index is 11.7. The Bertz CT molecular complexity index is 241. The standard InChI is InChI=1S/C10H19N3O2/c1-7(11)9-6-13(4-5-15-9)10(14)12-8-2-3-8/h7-9H,2-6,11H2,1H3,(H,12,14). The van der Waals surface area contributed by atoms with Gasteiger partial charge in [-0.1, -0.05) is 0 Å². The molecule has 1 saturated heterocycles. The number of amides is 2. The van der Waals surface area contributed by atoms with Gasteiger partial charge in [0.1, 0.15) is 0 Å². The number of carbonyl (C=O) groups excluding carboxylic acids is 1. The van der Waals surface area contributed by atoms with E-state index in [-0.39, 0.29) is 18.2 Å². The minimum absolute atomic E-state index is 0.0243. The molecule has 2 unspecified atom stereocenters. The first kappa shape index (κ1) is 10.7. The fourth-order valence-corrected chi connectivity index (χ4v) is 1.67. The zero-order chi connectivity index (χ0) is 10.8. The fraction of sp³-hybridized carbons (Fsp3) is 0.900. The molecule has 1 saturated carbocycles. The van der Waals surface area contributed by atoms with E-state index in [9.17, 15) is 4.79 Å². The van der Waals surface area contributed by atoms with Gasteiger partial charge in [-0.2, -0.15) is 0 Å². The summed E-state index contributed by atoms with van der Waals surface area (Å²) in [7, 11) is 0. The molecule has 0 spiro atoms. The lowest BCUT2D eigenvalue weighted by Gasteiger charge is -2.34. The molecule has 0 radical (unpaired) electrons. The number of nitrogens with zero attached hydrogens (tertiary/aromatic N) is 1. The Labute approximate surface area is 89.9 Å². The van der Waals surface area contributed by atoms with Crippen molar-refractivity contribution in [2.75, 3.05) is 19.7 Å². The Morgan fingerprint density at radius 1 is 1.60 bits per heavy atom. The molecule has 1 heterocycles. The van der Waals surface area contributed by atoms with Gasteiger partial charge in [0.15, 0.2) is 0 Å². The van der Waals surface area contributed by atoms with Crippen molar-refractivity contribution in [2.45, 2.75) is 38.0 Å². The second-order valence-electron chi connectivity index (χ2n) is 4.44. The molecule has 86 valence electrons. The largest absolute Gasteiger partial charge is 0.373 e. The van der Waals surface area contributed by atoms with Gasteiger partial charge in [0.05, 0.1) is 19.3 Å². The number of urea groups is 1. The summed E-state index contributed by atoms with van der Waals surface area (Å²) in [6, 6.07) is 0.419. The third-order valence-corrected chi connectivity index (χ3v) is 2.87. The summed E-state index contributed by atoms with van der Waals surface area (Å²) in [6.45, 7) is 3.77. The number of carbonyl (C=O) groups is 1. The molecule has 1 aliphatic carbocycles. The van der Waals surface area contributed by atoms with E-state index in [1.807, 2.05) is 6.92 Å². The topological polar surface area (TPSA) is 67.6 Å².